The van der Waals surface area contributed by atoms with Gasteiger partial charge in [0.25, 0.3) is 0 Å². The summed E-state index contributed by atoms with van der Waals surface area (Å²) in [7, 11) is 0. The van der Waals surface area contributed by atoms with Crippen LogP contribution in [0.15, 0.2) is 24.3 Å². The van der Waals surface area contributed by atoms with E-state index in [9.17, 15) is 0 Å². The Bertz CT molecular complexity index is 435. The molecule has 1 aromatic rings. The minimum Gasteiger partial charge on any atom is -0.494 e. The van der Waals surface area contributed by atoms with E-state index in [2.05, 4.69) is 38.2 Å². The Morgan fingerprint density at radius 2 is 2.05 bits per heavy atom. The molecule has 0 radical (unpaired) electrons. The lowest BCUT2D eigenvalue weighted by Gasteiger charge is -2.54. The van der Waals surface area contributed by atoms with E-state index in [4.69, 9.17) is 9.47 Å². The van der Waals surface area contributed by atoms with Gasteiger partial charge < -0.3 is 14.8 Å². The van der Waals surface area contributed by atoms with Gasteiger partial charge in [0, 0.05) is 29.8 Å². The molecule has 112 valence electrons. The smallest absolute Gasteiger partial charge is 0.121 e. The molecule has 2 rings (SSSR count). The minimum atomic E-state index is 0.220. The fourth-order valence-electron chi connectivity index (χ4n) is 3.02. The molecule has 1 saturated carbocycles. The molecule has 0 spiro atoms. The highest BCUT2D eigenvalue weighted by molar-refractivity contribution is 5.50. The molecule has 20 heavy (non-hydrogen) atoms. The zero-order chi connectivity index (χ0) is 14.6. The van der Waals surface area contributed by atoms with Crippen molar-refractivity contribution in [3.8, 4) is 5.75 Å². The van der Waals surface area contributed by atoms with Crippen molar-refractivity contribution in [2.45, 2.75) is 52.7 Å². The Balaban J connectivity index is 2.01. The summed E-state index contributed by atoms with van der Waals surface area (Å²) < 4.78 is 11.4. The fourth-order valence-corrected chi connectivity index (χ4v) is 3.02. The summed E-state index contributed by atoms with van der Waals surface area (Å²) in [5.41, 5.74) is 1.35. The molecule has 3 unspecified atom stereocenters. The second-order valence-electron chi connectivity index (χ2n) is 5.70. The average molecular weight is 277 g/mol. The number of ether oxygens (including phenoxy) is 2. The zero-order valence-corrected chi connectivity index (χ0v) is 13.1. The molecule has 0 bridgehead atoms. The Morgan fingerprint density at radius 3 is 2.70 bits per heavy atom. The van der Waals surface area contributed by atoms with Crippen molar-refractivity contribution in [2.75, 3.05) is 18.5 Å². The summed E-state index contributed by atoms with van der Waals surface area (Å²) in [5, 5.41) is 3.65. The molecule has 1 aliphatic rings. The van der Waals surface area contributed by atoms with Crippen LogP contribution >= 0.6 is 0 Å². The van der Waals surface area contributed by atoms with E-state index >= 15 is 0 Å². The van der Waals surface area contributed by atoms with Crippen molar-refractivity contribution in [3.63, 3.8) is 0 Å². The van der Waals surface area contributed by atoms with Gasteiger partial charge >= 0.3 is 0 Å². The molecule has 0 saturated heterocycles. The third kappa shape index (κ3) is 2.93. The van der Waals surface area contributed by atoms with Crippen molar-refractivity contribution in [3.05, 3.63) is 24.3 Å². The Hall–Kier alpha value is -1.22. The maximum atomic E-state index is 5.85. The number of benzene rings is 1. The van der Waals surface area contributed by atoms with Gasteiger partial charge in [-0.15, -0.1) is 0 Å². The van der Waals surface area contributed by atoms with E-state index in [1.54, 1.807) is 0 Å². The summed E-state index contributed by atoms with van der Waals surface area (Å²) in [4.78, 5) is 0. The van der Waals surface area contributed by atoms with Crippen LogP contribution in [0.2, 0.25) is 0 Å². The minimum absolute atomic E-state index is 0.220. The van der Waals surface area contributed by atoms with Gasteiger partial charge in [0.15, 0.2) is 0 Å². The Morgan fingerprint density at radius 1 is 1.25 bits per heavy atom. The van der Waals surface area contributed by atoms with Gasteiger partial charge in [-0.05, 0) is 38.8 Å². The van der Waals surface area contributed by atoms with E-state index < -0.39 is 0 Å². The highest BCUT2D eigenvalue weighted by Gasteiger charge is 2.51. The number of hydrogen-bond donors (Lipinski definition) is 1. The fraction of sp³-hybridized carbons (Fsp3) is 0.647. The largest absolute Gasteiger partial charge is 0.494 e. The molecule has 0 aromatic heterocycles. The molecule has 3 nitrogen and oxygen atoms in total. The van der Waals surface area contributed by atoms with Gasteiger partial charge in [0.2, 0.25) is 0 Å². The summed E-state index contributed by atoms with van der Waals surface area (Å²) >= 11 is 0. The highest BCUT2D eigenvalue weighted by atomic mass is 16.5. The number of hydrogen-bond acceptors (Lipinski definition) is 3. The van der Waals surface area contributed by atoms with Crippen molar-refractivity contribution < 1.29 is 9.47 Å². The first-order valence-electron chi connectivity index (χ1n) is 7.75. The first-order chi connectivity index (χ1) is 9.63. The second-order valence-corrected chi connectivity index (χ2v) is 5.70. The van der Waals surface area contributed by atoms with Crippen LogP contribution in [0.25, 0.3) is 0 Å². The lowest BCUT2D eigenvalue weighted by atomic mass is 9.61. The molecule has 1 aromatic carbocycles. The van der Waals surface area contributed by atoms with Crippen molar-refractivity contribution in [1.29, 1.82) is 0 Å². The van der Waals surface area contributed by atoms with Crippen LogP contribution in [0.3, 0.4) is 0 Å². The highest BCUT2D eigenvalue weighted by Crippen LogP contribution is 2.47. The van der Waals surface area contributed by atoms with Crippen LogP contribution in [0.5, 0.6) is 5.75 Å². The van der Waals surface area contributed by atoms with E-state index in [1.807, 2.05) is 19.1 Å². The van der Waals surface area contributed by atoms with E-state index in [-0.39, 0.29) is 5.41 Å². The predicted octanol–water partition coefficient (Wildman–Crippen LogP) is 4.09. The average Bonchev–Trinajstić information content (AvgIpc) is 2.46. The molecule has 0 amide bonds. The first kappa shape index (κ1) is 15.2. The first-order valence-corrected chi connectivity index (χ1v) is 7.75. The second kappa shape index (κ2) is 6.49. The van der Waals surface area contributed by atoms with Crippen molar-refractivity contribution >= 4 is 5.69 Å². The topological polar surface area (TPSA) is 30.5 Å². The van der Waals surface area contributed by atoms with Crippen LogP contribution in [0.4, 0.5) is 5.69 Å². The van der Waals surface area contributed by atoms with Crippen LogP contribution in [-0.2, 0) is 4.74 Å². The van der Waals surface area contributed by atoms with Gasteiger partial charge in [0.05, 0.1) is 12.7 Å². The van der Waals surface area contributed by atoms with Crippen LogP contribution in [0.1, 0.15) is 40.5 Å². The van der Waals surface area contributed by atoms with Crippen molar-refractivity contribution in [2.24, 2.45) is 5.41 Å². The monoisotopic (exact) mass is 277 g/mol. The quantitative estimate of drug-likeness (QED) is 0.814. The Labute approximate surface area is 122 Å². The molecular formula is C17H27NO2. The molecule has 0 aliphatic heterocycles. The summed E-state index contributed by atoms with van der Waals surface area (Å²) in [5.74, 6) is 0.927. The van der Waals surface area contributed by atoms with E-state index in [1.165, 1.54) is 0 Å². The van der Waals surface area contributed by atoms with Crippen LogP contribution in [-0.4, -0.2) is 25.4 Å². The molecule has 0 heterocycles. The van der Waals surface area contributed by atoms with Crippen LogP contribution in [0, 0.1) is 5.41 Å². The third-order valence-electron chi connectivity index (χ3n) is 4.60. The lowest BCUT2D eigenvalue weighted by molar-refractivity contribution is -0.109. The lowest BCUT2D eigenvalue weighted by Crippen LogP contribution is -2.59. The molecular weight excluding hydrogens is 250 g/mol. The number of anilines is 1. The summed E-state index contributed by atoms with van der Waals surface area (Å²) in [6.07, 6.45) is 2.59. The van der Waals surface area contributed by atoms with Gasteiger partial charge in [-0.2, -0.15) is 0 Å². The van der Waals surface area contributed by atoms with Crippen molar-refractivity contribution in [1.82, 2.24) is 0 Å². The van der Waals surface area contributed by atoms with E-state index in [0.29, 0.717) is 18.8 Å². The Kier molecular flexibility index (Phi) is 4.92. The molecule has 3 atom stereocenters. The SMILES string of the molecule is CCOc1cccc(NC2CC(OCC)C2(C)CC)c1. The van der Waals surface area contributed by atoms with Crippen LogP contribution < -0.4 is 10.1 Å². The van der Waals surface area contributed by atoms with Gasteiger partial charge in [-0.1, -0.05) is 19.9 Å². The normalized spacial score (nSPS) is 28.8. The number of rotatable bonds is 7. The molecule has 3 heteroatoms. The summed E-state index contributed by atoms with van der Waals surface area (Å²) in [6.45, 7) is 10.1. The maximum Gasteiger partial charge on any atom is 0.121 e. The van der Waals surface area contributed by atoms with Gasteiger partial charge in [0.1, 0.15) is 5.75 Å². The van der Waals surface area contributed by atoms with Gasteiger partial charge in [-0.3, -0.25) is 0 Å². The predicted molar refractivity (Wildman–Crippen MR) is 83.5 cm³/mol. The third-order valence-corrected chi connectivity index (χ3v) is 4.60. The van der Waals surface area contributed by atoms with E-state index in [0.717, 1.165) is 30.9 Å². The molecule has 1 fully saturated rings. The van der Waals surface area contributed by atoms with Gasteiger partial charge in [-0.25, -0.2) is 0 Å². The summed E-state index contributed by atoms with van der Waals surface area (Å²) in [6, 6.07) is 8.69. The molecule has 1 N–H and O–H groups in total. The molecule has 1 aliphatic carbocycles. The standard InChI is InChI=1S/C17H27NO2/c1-5-17(4)15(12-16(17)20-7-3)18-13-9-8-10-14(11-13)19-6-2/h8-11,15-16,18H,5-7,12H2,1-4H3. The zero-order valence-electron chi connectivity index (χ0n) is 13.1. The maximum absolute atomic E-state index is 5.85. The number of nitrogens with one attached hydrogen (secondary N) is 1.